The Labute approximate surface area is 174 Å². The number of nitrogens with one attached hydrogen (secondary N) is 1. The second kappa shape index (κ2) is 8.69. The highest BCUT2D eigenvalue weighted by Crippen LogP contribution is 2.34. The summed E-state index contributed by atoms with van der Waals surface area (Å²) in [4.78, 5) is 24.7. The largest absolute Gasteiger partial charge is 0.484 e. The van der Waals surface area contributed by atoms with Gasteiger partial charge in [-0.15, -0.1) is 0 Å². The van der Waals surface area contributed by atoms with E-state index in [1.807, 2.05) is 43.3 Å². The molecule has 4 rings (SSSR count). The Morgan fingerprint density at radius 1 is 0.933 bits per heavy atom. The molecule has 1 N–H and O–H groups in total. The van der Waals surface area contributed by atoms with E-state index < -0.39 is 0 Å². The van der Waals surface area contributed by atoms with Crippen LogP contribution in [0.4, 0.5) is 0 Å². The predicted molar refractivity (Wildman–Crippen MR) is 111 cm³/mol. The molecule has 30 heavy (non-hydrogen) atoms. The van der Waals surface area contributed by atoms with Crippen LogP contribution in [0.3, 0.4) is 0 Å². The lowest BCUT2D eigenvalue weighted by molar-refractivity contribution is -0.123. The van der Waals surface area contributed by atoms with Crippen LogP contribution in [0.2, 0.25) is 0 Å². The van der Waals surface area contributed by atoms with Crippen molar-refractivity contribution in [1.29, 1.82) is 0 Å². The van der Waals surface area contributed by atoms with E-state index in [4.69, 9.17) is 14.2 Å². The number of ether oxygens (including phenoxy) is 3. The van der Waals surface area contributed by atoms with Gasteiger partial charge in [0.1, 0.15) is 5.75 Å². The Morgan fingerprint density at radius 2 is 1.63 bits per heavy atom. The first kappa shape index (κ1) is 19.5. The minimum absolute atomic E-state index is 0.0579. The monoisotopic (exact) mass is 403 g/mol. The number of benzene rings is 3. The summed E-state index contributed by atoms with van der Waals surface area (Å²) in [7, 11) is 0. The van der Waals surface area contributed by atoms with Gasteiger partial charge in [-0.05, 0) is 48.9 Å². The number of fused-ring (bicyclic) bond motifs is 1. The third-order valence-electron chi connectivity index (χ3n) is 4.80. The van der Waals surface area contributed by atoms with Gasteiger partial charge in [0.15, 0.2) is 23.9 Å². The van der Waals surface area contributed by atoms with Gasteiger partial charge in [0.05, 0.1) is 6.04 Å². The van der Waals surface area contributed by atoms with Crippen molar-refractivity contribution in [3.05, 3.63) is 89.5 Å². The predicted octanol–water partition coefficient (Wildman–Crippen LogP) is 3.90. The number of amides is 1. The number of carbonyl (C=O) groups excluding carboxylic acids is 2. The van der Waals surface area contributed by atoms with Crippen LogP contribution in [-0.4, -0.2) is 25.1 Å². The number of rotatable bonds is 7. The molecule has 1 atom stereocenters. The standard InChI is InChI=1S/C24H21NO5/c1-16(19-9-12-21-22(13-19)30-15-29-21)25-23(26)14-28-20-10-7-18(8-11-20)24(27)17-5-3-2-4-6-17/h2-13,16H,14-15H2,1H3,(H,25,26)/t16-/m0/s1. The quantitative estimate of drug-likeness (QED) is 0.606. The van der Waals surface area contributed by atoms with Crippen LogP contribution in [0.25, 0.3) is 0 Å². The number of hydrogen-bond donors (Lipinski definition) is 1. The molecular weight excluding hydrogens is 382 g/mol. The zero-order chi connectivity index (χ0) is 20.9. The number of ketones is 1. The van der Waals surface area contributed by atoms with Gasteiger partial charge in [0.2, 0.25) is 6.79 Å². The van der Waals surface area contributed by atoms with Crippen molar-refractivity contribution in [1.82, 2.24) is 5.32 Å². The van der Waals surface area contributed by atoms with Gasteiger partial charge in [0, 0.05) is 11.1 Å². The summed E-state index contributed by atoms with van der Waals surface area (Å²) in [6.45, 7) is 1.98. The van der Waals surface area contributed by atoms with E-state index in [1.54, 1.807) is 36.4 Å². The van der Waals surface area contributed by atoms with E-state index in [-0.39, 0.29) is 31.1 Å². The zero-order valence-electron chi connectivity index (χ0n) is 16.5. The van der Waals surface area contributed by atoms with Crippen LogP contribution in [0, 0.1) is 0 Å². The van der Waals surface area contributed by atoms with Gasteiger partial charge >= 0.3 is 0 Å². The van der Waals surface area contributed by atoms with Crippen LogP contribution in [-0.2, 0) is 4.79 Å². The Balaban J connectivity index is 1.30. The van der Waals surface area contributed by atoms with Crippen LogP contribution >= 0.6 is 0 Å². The van der Waals surface area contributed by atoms with E-state index in [9.17, 15) is 9.59 Å². The molecule has 152 valence electrons. The van der Waals surface area contributed by atoms with Gasteiger partial charge in [0.25, 0.3) is 5.91 Å². The molecule has 1 aliphatic rings. The molecule has 0 unspecified atom stereocenters. The third-order valence-corrected chi connectivity index (χ3v) is 4.80. The first-order chi connectivity index (χ1) is 14.6. The van der Waals surface area contributed by atoms with Crippen molar-refractivity contribution in [3.8, 4) is 17.2 Å². The molecule has 0 radical (unpaired) electrons. The molecule has 0 spiro atoms. The summed E-state index contributed by atoms with van der Waals surface area (Å²) < 4.78 is 16.2. The maximum Gasteiger partial charge on any atom is 0.258 e. The number of hydrogen-bond acceptors (Lipinski definition) is 5. The molecule has 0 aliphatic carbocycles. The average Bonchev–Trinajstić information content (AvgIpc) is 3.26. The van der Waals surface area contributed by atoms with Gasteiger partial charge in [-0.25, -0.2) is 0 Å². The highest BCUT2D eigenvalue weighted by atomic mass is 16.7. The van der Waals surface area contributed by atoms with E-state index in [0.717, 1.165) is 5.56 Å². The topological polar surface area (TPSA) is 73.9 Å². The Bertz CT molecular complexity index is 1050. The van der Waals surface area contributed by atoms with Crippen molar-refractivity contribution < 1.29 is 23.8 Å². The van der Waals surface area contributed by atoms with Crippen LogP contribution < -0.4 is 19.5 Å². The zero-order valence-corrected chi connectivity index (χ0v) is 16.5. The molecular formula is C24H21NO5. The van der Waals surface area contributed by atoms with Crippen LogP contribution in [0.5, 0.6) is 17.2 Å². The van der Waals surface area contributed by atoms with Crippen LogP contribution in [0.15, 0.2) is 72.8 Å². The van der Waals surface area contributed by atoms with E-state index in [2.05, 4.69) is 5.32 Å². The molecule has 1 amide bonds. The first-order valence-corrected chi connectivity index (χ1v) is 9.61. The normalized spacial score (nSPS) is 12.8. The van der Waals surface area contributed by atoms with Crippen molar-refractivity contribution in [2.45, 2.75) is 13.0 Å². The van der Waals surface area contributed by atoms with Gasteiger partial charge in [-0.2, -0.15) is 0 Å². The summed E-state index contributed by atoms with van der Waals surface area (Å²) in [5, 5.41) is 2.89. The molecule has 0 fully saturated rings. The van der Waals surface area contributed by atoms with Gasteiger partial charge in [-0.3, -0.25) is 9.59 Å². The lowest BCUT2D eigenvalue weighted by Gasteiger charge is -2.15. The summed E-state index contributed by atoms with van der Waals surface area (Å²) >= 11 is 0. The average molecular weight is 403 g/mol. The Hall–Kier alpha value is -3.80. The van der Waals surface area contributed by atoms with Crippen LogP contribution in [0.1, 0.15) is 34.5 Å². The molecule has 3 aromatic carbocycles. The minimum Gasteiger partial charge on any atom is -0.484 e. The SMILES string of the molecule is C[C@H](NC(=O)COc1ccc(C(=O)c2ccccc2)cc1)c1ccc2c(c1)OCO2. The van der Waals surface area contributed by atoms with E-state index in [0.29, 0.717) is 28.4 Å². The molecule has 3 aromatic rings. The molecule has 6 nitrogen and oxygen atoms in total. The molecule has 0 aromatic heterocycles. The second-order valence-corrected chi connectivity index (χ2v) is 6.91. The summed E-state index contributed by atoms with van der Waals surface area (Å²) in [5.74, 6) is 1.59. The maximum atomic E-state index is 12.4. The van der Waals surface area contributed by atoms with Gasteiger partial charge in [-0.1, -0.05) is 36.4 Å². The van der Waals surface area contributed by atoms with Crippen molar-refractivity contribution in [2.75, 3.05) is 13.4 Å². The Kier molecular flexibility index (Phi) is 5.66. The molecule has 0 saturated heterocycles. The van der Waals surface area contributed by atoms with Crippen molar-refractivity contribution >= 4 is 11.7 Å². The Morgan fingerprint density at radius 3 is 2.40 bits per heavy atom. The fraction of sp³-hybridized carbons (Fsp3) is 0.167. The fourth-order valence-corrected chi connectivity index (χ4v) is 3.16. The molecule has 1 aliphatic heterocycles. The van der Waals surface area contributed by atoms with Crippen molar-refractivity contribution in [2.24, 2.45) is 0 Å². The molecule has 0 saturated carbocycles. The first-order valence-electron chi connectivity index (χ1n) is 9.61. The molecule has 0 bridgehead atoms. The lowest BCUT2D eigenvalue weighted by Crippen LogP contribution is -2.31. The summed E-state index contributed by atoms with van der Waals surface area (Å²) in [5.41, 5.74) is 2.11. The van der Waals surface area contributed by atoms with Gasteiger partial charge < -0.3 is 19.5 Å². The second-order valence-electron chi connectivity index (χ2n) is 6.91. The minimum atomic E-state index is -0.246. The highest BCUT2D eigenvalue weighted by molar-refractivity contribution is 6.08. The maximum absolute atomic E-state index is 12.4. The third kappa shape index (κ3) is 4.43. The lowest BCUT2D eigenvalue weighted by atomic mass is 10.0. The van der Waals surface area contributed by atoms with E-state index >= 15 is 0 Å². The molecule has 6 heteroatoms. The summed E-state index contributed by atoms with van der Waals surface area (Å²) in [6.07, 6.45) is 0. The highest BCUT2D eigenvalue weighted by Gasteiger charge is 2.17. The van der Waals surface area contributed by atoms with Crippen molar-refractivity contribution in [3.63, 3.8) is 0 Å². The smallest absolute Gasteiger partial charge is 0.258 e. The fourth-order valence-electron chi connectivity index (χ4n) is 3.16. The molecule has 1 heterocycles. The van der Waals surface area contributed by atoms with E-state index in [1.165, 1.54) is 0 Å². The summed E-state index contributed by atoms with van der Waals surface area (Å²) in [6, 6.07) is 21.2. The number of carbonyl (C=O) groups is 2.